The molecular weight excluding hydrogens is 356 g/mol. The molecule has 2 heterocycles. The Morgan fingerprint density at radius 2 is 2.14 bits per heavy atom. The molecule has 148 valence electrons. The number of rotatable bonds is 7. The van der Waals surface area contributed by atoms with Gasteiger partial charge in [-0.05, 0) is 42.2 Å². The van der Waals surface area contributed by atoms with E-state index in [0.29, 0.717) is 17.5 Å². The Bertz CT molecular complexity index is 819. The Morgan fingerprint density at radius 1 is 1.29 bits per heavy atom. The second kappa shape index (κ2) is 8.68. The van der Waals surface area contributed by atoms with Crippen molar-refractivity contribution in [2.75, 3.05) is 39.4 Å². The van der Waals surface area contributed by atoms with Gasteiger partial charge >= 0.3 is 0 Å². The molecule has 0 radical (unpaired) electrons. The topological polar surface area (TPSA) is 89.7 Å². The molecule has 2 aliphatic rings. The fraction of sp³-hybridized carbons (Fsp3) is 0.429. The summed E-state index contributed by atoms with van der Waals surface area (Å²) in [5, 5.41) is 3.69. The lowest BCUT2D eigenvalue weighted by Gasteiger charge is -2.27. The van der Waals surface area contributed by atoms with Gasteiger partial charge in [0.1, 0.15) is 5.75 Å². The zero-order chi connectivity index (χ0) is 19.3. The predicted octanol–water partition coefficient (Wildman–Crippen LogP) is 1.88. The molecule has 1 atom stereocenters. The fourth-order valence-corrected chi connectivity index (χ4v) is 3.80. The average Bonchev–Trinajstić information content (AvgIpc) is 3.11. The molecule has 1 aliphatic carbocycles. The number of aryl methyl sites for hydroxylation is 1. The number of amides is 1. The molecule has 0 saturated carbocycles. The van der Waals surface area contributed by atoms with E-state index in [1.807, 2.05) is 6.07 Å². The standard InChI is InChI=1S/C21H26N4O3/c22-21(26)16-2-6-20(24-14-16)28-17-3-4-18-15(13-17)1-5-19(18)23-7-8-25-9-11-27-12-10-25/h2-4,6,13-14,19,23H,1,5,7-12H2,(H2,22,26). The number of carbonyl (C=O) groups excluding carboxylic acids is 1. The number of hydrogen-bond donors (Lipinski definition) is 2. The number of nitrogens with one attached hydrogen (secondary N) is 1. The highest BCUT2D eigenvalue weighted by Crippen LogP contribution is 2.34. The smallest absolute Gasteiger partial charge is 0.250 e. The van der Waals surface area contributed by atoms with E-state index < -0.39 is 5.91 Å². The van der Waals surface area contributed by atoms with E-state index >= 15 is 0 Å². The normalized spacial score (nSPS) is 19.4. The number of fused-ring (bicyclic) bond motifs is 1. The monoisotopic (exact) mass is 382 g/mol. The van der Waals surface area contributed by atoms with Crippen molar-refractivity contribution < 1.29 is 14.3 Å². The van der Waals surface area contributed by atoms with Gasteiger partial charge in [-0.3, -0.25) is 9.69 Å². The van der Waals surface area contributed by atoms with Crippen LogP contribution in [0.25, 0.3) is 0 Å². The molecule has 1 aromatic carbocycles. The highest BCUT2D eigenvalue weighted by molar-refractivity contribution is 5.92. The van der Waals surface area contributed by atoms with E-state index in [9.17, 15) is 4.79 Å². The van der Waals surface area contributed by atoms with Crippen molar-refractivity contribution in [2.24, 2.45) is 5.73 Å². The van der Waals surface area contributed by atoms with Crippen LogP contribution in [0, 0.1) is 0 Å². The molecule has 3 N–H and O–H groups in total. The summed E-state index contributed by atoms with van der Waals surface area (Å²) in [5.41, 5.74) is 8.27. The molecule has 7 heteroatoms. The molecule has 7 nitrogen and oxygen atoms in total. The van der Waals surface area contributed by atoms with E-state index in [4.69, 9.17) is 15.2 Å². The highest BCUT2D eigenvalue weighted by Gasteiger charge is 2.23. The Balaban J connectivity index is 1.33. The number of ether oxygens (including phenoxy) is 2. The van der Waals surface area contributed by atoms with Crippen LogP contribution >= 0.6 is 0 Å². The van der Waals surface area contributed by atoms with Crippen LogP contribution in [0.4, 0.5) is 0 Å². The van der Waals surface area contributed by atoms with E-state index in [2.05, 4.69) is 27.3 Å². The molecule has 4 rings (SSSR count). The molecule has 28 heavy (non-hydrogen) atoms. The zero-order valence-corrected chi connectivity index (χ0v) is 15.9. The second-order valence-electron chi connectivity index (χ2n) is 7.21. The number of morpholine rings is 1. The van der Waals surface area contributed by atoms with Gasteiger partial charge in [-0.1, -0.05) is 6.07 Å². The maximum atomic E-state index is 11.1. The maximum Gasteiger partial charge on any atom is 0.250 e. The van der Waals surface area contributed by atoms with Gasteiger partial charge in [0.25, 0.3) is 0 Å². The Hall–Kier alpha value is -2.48. The van der Waals surface area contributed by atoms with Gasteiger partial charge in [-0.15, -0.1) is 0 Å². The molecule has 1 saturated heterocycles. The Kier molecular flexibility index (Phi) is 5.85. The number of carbonyl (C=O) groups is 1. The van der Waals surface area contributed by atoms with Gasteiger partial charge < -0.3 is 20.5 Å². The molecule has 1 aromatic heterocycles. The first-order chi connectivity index (χ1) is 13.7. The largest absolute Gasteiger partial charge is 0.439 e. The van der Waals surface area contributed by atoms with Crippen LogP contribution in [0.3, 0.4) is 0 Å². The Morgan fingerprint density at radius 3 is 2.89 bits per heavy atom. The quantitative estimate of drug-likeness (QED) is 0.760. The number of aromatic nitrogens is 1. The van der Waals surface area contributed by atoms with Gasteiger partial charge in [0, 0.05) is 44.5 Å². The van der Waals surface area contributed by atoms with Gasteiger partial charge in [0.2, 0.25) is 11.8 Å². The van der Waals surface area contributed by atoms with Crippen LogP contribution in [0.5, 0.6) is 11.6 Å². The summed E-state index contributed by atoms with van der Waals surface area (Å²) in [7, 11) is 0. The first-order valence-corrected chi connectivity index (χ1v) is 9.79. The van der Waals surface area contributed by atoms with Crippen molar-refractivity contribution in [3.05, 3.63) is 53.2 Å². The maximum absolute atomic E-state index is 11.1. The minimum Gasteiger partial charge on any atom is -0.439 e. The summed E-state index contributed by atoms with van der Waals surface area (Å²) in [6.45, 7) is 5.78. The highest BCUT2D eigenvalue weighted by atomic mass is 16.5. The van der Waals surface area contributed by atoms with Crippen molar-refractivity contribution in [3.8, 4) is 11.6 Å². The summed E-state index contributed by atoms with van der Waals surface area (Å²) in [4.78, 5) is 17.7. The average molecular weight is 382 g/mol. The summed E-state index contributed by atoms with van der Waals surface area (Å²) < 4.78 is 11.2. The third kappa shape index (κ3) is 4.49. The molecule has 0 spiro atoms. The van der Waals surface area contributed by atoms with Gasteiger partial charge in [-0.2, -0.15) is 0 Å². The minimum atomic E-state index is -0.497. The van der Waals surface area contributed by atoms with Gasteiger partial charge in [0.05, 0.1) is 18.8 Å². The SMILES string of the molecule is NC(=O)c1ccc(Oc2ccc3c(c2)CCC3NCCN2CCOCC2)nc1. The first kappa shape index (κ1) is 18.9. The number of primary amides is 1. The predicted molar refractivity (Wildman–Crippen MR) is 106 cm³/mol. The number of hydrogen-bond acceptors (Lipinski definition) is 6. The van der Waals surface area contributed by atoms with Gasteiger partial charge in [-0.25, -0.2) is 4.98 Å². The third-order valence-corrected chi connectivity index (χ3v) is 5.36. The summed E-state index contributed by atoms with van der Waals surface area (Å²) in [6, 6.07) is 9.88. The number of pyridine rings is 1. The van der Waals surface area contributed by atoms with Crippen molar-refractivity contribution in [3.63, 3.8) is 0 Å². The summed E-state index contributed by atoms with van der Waals surface area (Å²) in [5.74, 6) is 0.707. The van der Waals surface area contributed by atoms with Crippen LogP contribution in [0.15, 0.2) is 36.5 Å². The molecule has 1 amide bonds. The number of nitrogens with zero attached hydrogens (tertiary/aromatic N) is 2. The van der Waals surface area contributed by atoms with E-state index in [1.54, 1.807) is 12.1 Å². The molecular formula is C21H26N4O3. The molecule has 2 aromatic rings. The molecule has 0 bridgehead atoms. The van der Waals surface area contributed by atoms with Crippen LogP contribution in [0.1, 0.15) is 33.9 Å². The lowest BCUT2D eigenvalue weighted by Crippen LogP contribution is -2.40. The summed E-state index contributed by atoms with van der Waals surface area (Å²) in [6.07, 6.45) is 3.57. The van der Waals surface area contributed by atoms with Crippen LogP contribution in [-0.2, 0) is 11.2 Å². The second-order valence-corrected chi connectivity index (χ2v) is 7.21. The fourth-order valence-electron chi connectivity index (χ4n) is 3.80. The van der Waals surface area contributed by atoms with Crippen molar-refractivity contribution in [1.29, 1.82) is 0 Å². The lowest BCUT2D eigenvalue weighted by atomic mass is 10.1. The van der Waals surface area contributed by atoms with Crippen molar-refractivity contribution in [1.82, 2.24) is 15.2 Å². The first-order valence-electron chi connectivity index (χ1n) is 9.79. The van der Waals surface area contributed by atoms with Gasteiger partial charge in [0.15, 0.2) is 0 Å². The van der Waals surface area contributed by atoms with Crippen LogP contribution < -0.4 is 15.8 Å². The number of benzene rings is 1. The van der Waals surface area contributed by atoms with Crippen molar-refractivity contribution in [2.45, 2.75) is 18.9 Å². The van der Waals surface area contributed by atoms with Crippen LogP contribution in [0.2, 0.25) is 0 Å². The summed E-state index contributed by atoms with van der Waals surface area (Å²) >= 11 is 0. The number of nitrogens with two attached hydrogens (primary N) is 1. The Labute approximate surface area is 164 Å². The van der Waals surface area contributed by atoms with E-state index in [-0.39, 0.29) is 0 Å². The van der Waals surface area contributed by atoms with E-state index in [1.165, 1.54) is 17.3 Å². The zero-order valence-electron chi connectivity index (χ0n) is 15.9. The lowest BCUT2D eigenvalue weighted by molar-refractivity contribution is 0.0381. The molecule has 1 fully saturated rings. The van der Waals surface area contributed by atoms with Crippen molar-refractivity contribution >= 4 is 5.91 Å². The third-order valence-electron chi connectivity index (χ3n) is 5.36. The molecule has 1 aliphatic heterocycles. The van der Waals surface area contributed by atoms with Crippen LogP contribution in [-0.4, -0.2) is 55.2 Å². The van der Waals surface area contributed by atoms with E-state index in [0.717, 1.165) is 58.0 Å². The molecule has 1 unspecified atom stereocenters. The minimum absolute atomic E-state index is 0.368.